The monoisotopic (exact) mass is 447 g/mol. The van der Waals surface area contributed by atoms with E-state index in [1.54, 1.807) is 24.1 Å². The Labute approximate surface area is 181 Å². The van der Waals surface area contributed by atoms with Gasteiger partial charge in [0.1, 0.15) is 11.4 Å². The number of methoxy groups -OCH3 is 1. The van der Waals surface area contributed by atoms with E-state index in [4.69, 9.17) is 9.73 Å². The molecular formula is C21H25N3O4S2. The Bertz CT molecular complexity index is 1060. The molecule has 0 radical (unpaired) electrons. The largest absolute Gasteiger partial charge is 0.494 e. The third-order valence-electron chi connectivity index (χ3n) is 4.66. The normalized spacial score (nSPS) is 16.2. The van der Waals surface area contributed by atoms with E-state index in [1.807, 2.05) is 25.1 Å². The number of carbonyl (C=O) groups is 1. The fourth-order valence-electron chi connectivity index (χ4n) is 2.97. The highest BCUT2D eigenvalue weighted by atomic mass is 32.2. The predicted molar refractivity (Wildman–Crippen MR) is 120 cm³/mol. The maximum atomic E-state index is 13.2. The minimum atomic E-state index is -3.54. The van der Waals surface area contributed by atoms with Gasteiger partial charge in [-0.25, -0.2) is 17.7 Å². The molecule has 0 aliphatic carbocycles. The molecule has 1 heterocycles. The predicted octanol–water partition coefficient (Wildman–Crippen LogP) is 3.52. The van der Waals surface area contributed by atoms with Gasteiger partial charge in [0.25, 0.3) is 5.91 Å². The van der Waals surface area contributed by atoms with E-state index in [1.165, 1.54) is 38.0 Å². The number of benzene rings is 2. The van der Waals surface area contributed by atoms with Gasteiger partial charge in [-0.05, 0) is 55.3 Å². The lowest BCUT2D eigenvalue weighted by Crippen LogP contribution is -2.39. The van der Waals surface area contributed by atoms with E-state index >= 15 is 0 Å². The molecular weight excluding hydrogens is 422 g/mol. The number of hydrogen-bond donors (Lipinski definition) is 0. The molecule has 0 spiro atoms. The number of aliphatic imine (C=N–C) groups is 1. The number of amidine groups is 1. The van der Waals surface area contributed by atoms with Gasteiger partial charge in [0.2, 0.25) is 10.0 Å². The summed E-state index contributed by atoms with van der Waals surface area (Å²) in [6, 6.07) is 11.7. The molecule has 0 N–H and O–H groups in total. The van der Waals surface area contributed by atoms with E-state index in [0.29, 0.717) is 28.7 Å². The van der Waals surface area contributed by atoms with Crippen molar-refractivity contribution >= 4 is 38.5 Å². The van der Waals surface area contributed by atoms with Crippen LogP contribution in [0.5, 0.6) is 5.75 Å². The maximum Gasteiger partial charge on any atom is 0.259 e. The van der Waals surface area contributed by atoms with Gasteiger partial charge in [-0.15, -0.1) is 0 Å². The summed E-state index contributed by atoms with van der Waals surface area (Å²) >= 11 is 1.52. The van der Waals surface area contributed by atoms with Gasteiger partial charge in [0.15, 0.2) is 5.17 Å². The van der Waals surface area contributed by atoms with Crippen molar-refractivity contribution in [1.29, 1.82) is 0 Å². The average molecular weight is 448 g/mol. The number of ether oxygens (including phenoxy) is 1. The smallest absolute Gasteiger partial charge is 0.259 e. The fraction of sp³-hybridized carbons (Fsp3) is 0.333. The van der Waals surface area contributed by atoms with E-state index in [0.717, 1.165) is 22.0 Å². The molecule has 1 fully saturated rings. The molecule has 2 aromatic carbocycles. The maximum absolute atomic E-state index is 13.2. The number of hydrogen-bond acceptors (Lipinski definition) is 6. The molecule has 0 aromatic heterocycles. The second-order valence-corrected chi connectivity index (χ2v) is 10.3. The first-order valence-electron chi connectivity index (χ1n) is 9.44. The third-order valence-corrected chi connectivity index (χ3v) is 7.56. The third kappa shape index (κ3) is 4.69. The van der Waals surface area contributed by atoms with Crippen molar-refractivity contribution in [3.8, 4) is 5.75 Å². The zero-order valence-electron chi connectivity index (χ0n) is 17.5. The molecule has 0 unspecified atom stereocenters. The van der Waals surface area contributed by atoms with Crippen LogP contribution in [0.2, 0.25) is 0 Å². The molecule has 7 nitrogen and oxygen atoms in total. The number of aryl methyl sites for hydroxylation is 1. The summed E-state index contributed by atoms with van der Waals surface area (Å²) in [4.78, 5) is 19.7. The van der Waals surface area contributed by atoms with Crippen molar-refractivity contribution in [3.63, 3.8) is 0 Å². The average Bonchev–Trinajstić information content (AvgIpc) is 2.74. The van der Waals surface area contributed by atoms with Crippen molar-refractivity contribution in [3.05, 3.63) is 53.6 Å². The Kier molecular flexibility index (Phi) is 6.84. The van der Waals surface area contributed by atoms with Crippen LogP contribution in [0.4, 0.5) is 5.69 Å². The molecule has 1 aliphatic rings. The molecule has 0 atom stereocenters. The van der Waals surface area contributed by atoms with Crippen LogP contribution in [0, 0.1) is 6.92 Å². The number of carbonyl (C=O) groups excluding carboxylic acids is 1. The standard InChI is InChI=1S/C21H25N3O4S2/c1-15-6-11-19(28-4)18(14-15)22-21-24(12-5-13-29-21)20(25)16-7-9-17(10-8-16)30(26,27)23(2)3/h6-11,14H,5,12-13H2,1-4H3. The highest BCUT2D eigenvalue weighted by Gasteiger charge is 2.26. The summed E-state index contributed by atoms with van der Waals surface area (Å²) in [6.45, 7) is 2.53. The van der Waals surface area contributed by atoms with Crippen LogP contribution in [0.3, 0.4) is 0 Å². The summed E-state index contributed by atoms with van der Waals surface area (Å²) in [5.74, 6) is 1.31. The van der Waals surface area contributed by atoms with Crippen LogP contribution in [0.15, 0.2) is 52.4 Å². The van der Waals surface area contributed by atoms with Crippen LogP contribution in [-0.4, -0.2) is 62.2 Å². The summed E-state index contributed by atoms with van der Waals surface area (Å²) in [5.41, 5.74) is 2.14. The lowest BCUT2D eigenvalue weighted by atomic mass is 10.2. The van der Waals surface area contributed by atoms with Crippen LogP contribution in [0.1, 0.15) is 22.3 Å². The Hall–Kier alpha value is -2.36. The first-order valence-corrected chi connectivity index (χ1v) is 11.9. The molecule has 1 amide bonds. The summed E-state index contributed by atoms with van der Waals surface area (Å²) in [6.07, 6.45) is 0.855. The molecule has 0 bridgehead atoms. The number of rotatable bonds is 5. The molecule has 1 aliphatic heterocycles. The number of thioether (sulfide) groups is 1. The number of amides is 1. The molecule has 9 heteroatoms. The molecule has 0 saturated carbocycles. The molecule has 3 rings (SSSR count). The van der Waals surface area contributed by atoms with Crippen LogP contribution in [0.25, 0.3) is 0 Å². The minimum Gasteiger partial charge on any atom is -0.494 e. The number of sulfonamides is 1. The van der Waals surface area contributed by atoms with Crippen molar-refractivity contribution in [2.24, 2.45) is 4.99 Å². The highest BCUT2D eigenvalue weighted by molar-refractivity contribution is 8.13. The summed E-state index contributed by atoms with van der Waals surface area (Å²) < 4.78 is 31.1. The van der Waals surface area contributed by atoms with E-state index in [-0.39, 0.29) is 10.8 Å². The molecule has 1 saturated heterocycles. The quantitative estimate of drug-likeness (QED) is 0.701. The van der Waals surface area contributed by atoms with Crippen LogP contribution in [-0.2, 0) is 10.0 Å². The second-order valence-electron chi connectivity index (χ2n) is 7.04. The van der Waals surface area contributed by atoms with Gasteiger partial charge >= 0.3 is 0 Å². The Balaban J connectivity index is 1.92. The molecule has 160 valence electrons. The van der Waals surface area contributed by atoms with Crippen molar-refractivity contribution in [2.45, 2.75) is 18.2 Å². The first-order chi connectivity index (χ1) is 14.2. The van der Waals surface area contributed by atoms with Gasteiger partial charge in [0, 0.05) is 32.0 Å². The van der Waals surface area contributed by atoms with Gasteiger partial charge in [-0.2, -0.15) is 0 Å². The van der Waals surface area contributed by atoms with E-state index in [2.05, 4.69) is 0 Å². The Morgan fingerprint density at radius 1 is 1.17 bits per heavy atom. The summed E-state index contributed by atoms with van der Waals surface area (Å²) in [5, 5.41) is 0.611. The Morgan fingerprint density at radius 2 is 1.87 bits per heavy atom. The molecule has 30 heavy (non-hydrogen) atoms. The van der Waals surface area contributed by atoms with E-state index in [9.17, 15) is 13.2 Å². The fourth-order valence-corrected chi connectivity index (χ4v) is 4.82. The zero-order chi connectivity index (χ0) is 21.9. The SMILES string of the molecule is COc1ccc(C)cc1N=C1SCCCN1C(=O)c1ccc(S(=O)(=O)N(C)C)cc1. The van der Waals surface area contributed by atoms with Crippen molar-refractivity contribution in [1.82, 2.24) is 9.21 Å². The highest BCUT2D eigenvalue weighted by Crippen LogP contribution is 2.31. The lowest BCUT2D eigenvalue weighted by Gasteiger charge is -2.28. The van der Waals surface area contributed by atoms with Gasteiger partial charge < -0.3 is 4.74 Å². The second kappa shape index (κ2) is 9.20. The lowest BCUT2D eigenvalue weighted by molar-refractivity contribution is 0.0849. The van der Waals surface area contributed by atoms with Gasteiger partial charge in [0.05, 0.1) is 12.0 Å². The van der Waals surface area contributed by atoms with E-state index < -0.39 is 10.0 Å². The molecule has 2 aromatic rings. The van der Waals surface area contributed by atoms with Crippen LogP contribution >= 0.6 is 11.8 Å². The van der Waals surface area contributed by atoms with Crippen LogP contribution < -0.4 is 4.74 Å². The topological polar surface area (TPSA) is 79.3 Å². The Morgan fingerprint density at radius 3 is 2.50 bits per heavy atom. The van der Waals surface area contributed by atoms with Crippen molar-refractivity contribution < 1.29 is 17.9 Å². The van der Waals surface area contributed by atoms with Gasteiger partial charge in [-0.1, -0.05) is 17.8 Å². The van der Waals surface area contributed by atoms with Gasteiger partial charge in [-0.3, -0.25) is 9.69 Å². The number of nitrogens with zero attached hydrogens (tertiary/aromatic N) is 3. The minimum absolute atomic E-state index is 0.149. The zero-order valence-corrected chi connectivity index (χ0v) is 19.1. The first kappa shape index (κ1) is 22.3. The summed E-state index contributed by atoms with van der Waals surface area (Å²) in [7, 11) is 0.999. The van der Waals surface area contributed by atoms with Crippen molar-refractivity contribution in [2.75, 3.05) is 33.5 Å².